The predicted molar refractivity (Wildman–Crippen MR) is 159 cm³/mol. The Hall–Kier alpha value is -3.57. The average molecular weight is 600 g/mol. The van der Waals surface area contributed by atoms with Crippen LogP contribution in [0, 0.1) is 23.7 Å². The highest BCUT2D eigenvalue weighted by Crippen LogP contribution is 2.45. The summed E-state index contributed by atoms with van der Waals surface area (Å²) >= 11 is 0. The molecule has 7 atom stereocenters. The number of benzene rings is 1. The number of cyclic esters (lactones) is 1. The second-order valence-corrected chi connectivity index (χ2v) is 11.6. The Labute approximate surface area is 253 Å². The smallest absolute Gasteiger partial charge is 0.407 e. The molecule has 0 unspecified atom stereocenters. The molecule has 1 aromatic rings. The summed E-state index contributed by atoms with van der Waals surface area (Å²) in [6.45, 7) is 5.03. The highest BCUT2D eigenvalue weighted by molar-refractivity contribution is 5.72. The van der Waals surface area contributed by atoms with Gasteiger partial charge in [-0.25, -0.2) is 15.1 Å². The SMILES string of the molecule is CNC(=O)NOCCNC(=O)O[C@H]1C[C@@H](C)C=C2C=C[C@H](C)[C@H](CC[C@@H]3C[C@@H](OCc4ccc(OC)cc4)CC(=O)O3)[C@H]21. The molecule has 11 heteroatoms. The van der Waals surface area contributed by atoms with Crippen LogP contribution in [0.2, 0.25) is 0 Å². The molecule has 1 aromatic carbocycles. The van der Waals surface area contributed by atoms with Gasteiger partial charge in [0.2, 0.25) is 0 Å². The second-order valence-electron chi connectivity index (χ2n) is 11.6. The summed E-state index contributed by atoms with van der Waals surface area (Å²) in [6.07, 6.45) is 8.63. The number of hydrogen-bond donors (Lipinski definition) is 3. The molecule has 1 heterocycles. The minimum absolute atomic E-state index is 0.0505. The highest BCUT2D eigenvalue weighted by Gasteiger charge is 2.42. The zero-order valence-corrected chi connectivity index (χ0v) is 25.5. The van der Waals surface area contributed by atoms with E-state index in [0.29, 0.717) is 19.4 Å². The molecule has 1 saturated heterocycles. The molecule has 11 nitrogen and oxygen atoms in total. The van der Waals surface area contributed by atoms with E-state index in [1.54, 1.807) is 7.11 Å². The molecule has 43 heavy (non-hydrogen) atoms. The Kier molecular flexibility index (Phi) is 11.9. The van der Waals surface area contributed by atoms with Gasteiger partial charge in [-0.15, -0.1) is 0 Å². The van der Waals surface area contributed by atoms with Gasteiger partial charge in [0, 0.05) is 25.9 Å². The van der Waals surface area contributed by atoms with E-state index in [9.17, 15) is 14.4 Å². The van der Waals surface area contributed by atoms with Crippen LogP contribution in [0.25, 0.3) is 0 Å². The Morgan fingerprint density at radius 3 is 2.63 bits per heavy atom. The maximum atomic E-state index is 12.7. The molecule has 1 aliphatic heterocycles. The van der Waals surface area contributed by atoms with Crippen molar-refractivity contribution in [2.75, 3.05) is 27.3 Å². The van der Waals surface area contributed by atoms with Gasteiger partial charge in [0.25, 0.3) is 0 Å². The number of amides is 3. The lowest BCUT2D eigenvalue weighted by molar-refractivity contribution is -0.164. The van der Waals surface area contributed by atoms with E-state index in [0.717, 1.165) is 24.2 Å². The van der Waals surface area contributed by atoms with Crippen LogP contribution in [0.3, 0.4) is 0 Å². The lowest BCUT2D eigenvalue weighted by Gasteiger charge is -2.43. The van der Waals surface area contributed by atoms with Crippen LogP contribution in [-0.2, 0) is 30.4 Å². The van der Waals surface area contributed by atoms with Gasteiger partial charge in [0.15, 0.2) is 0 Å². The van der Waals surface area contributed by atoms with Crippen molar-refractivity contribution in [2.45, 2.75) is 70.9 Å². The van der Waals surface area contributed by atoms with Crippen LogP contribution >= 0.6 is 0 Å². The Bertz CT molecular complexity index is 1150. The van der Waals surface area contributed by atoms with Gasteiger partial charge < -0.3 is 29.6 Å². The van der Waals surface area contributed by atoms with Crippen molar-refractivity contribution in [3.05, 3.63) is 53.6 Å². The summed E-state index contributed by atoms with van der Waals surface area (Å²) < 4.78 is 23.1. The van der Waals surface area contributed by atoms with Crippen molar-refractivity contribution in [3.63, 3.8) is 0 Å². The number of fused-ring (bicyclic) bond motifs is 1. The van der Waals surface area contributed by atoms with Gasteiger partial charge in [-0.3, -0.25) is 9.63 Å². The number of ether oxygens (including phenoxy) is 4. The monoisotopic (exact) mass is 599 g/mol. The standard InChI is InChI=1S/C32H45N3O8/c1-20-15-23-8-5-21(2)27(30(23)28(16-20)43-32(38)34-13-14-41-35-31(37)33-3)12-11-25-17-26(18-29(36)42-25)40-19-22-6-9-24(39-4)10-7-22/h5-10,15,20-21,25-28,30H,11-14,16-19H2,1-4H3,(H,34,38)(H2,33,35,37)/t20-,21-,25+,26+,27-,28-,30-/m0/s1. The van der Waals surface area contributed by atoms with Crippen molar-refractivity contribution in [1.82, 2.24) is 16.1 Å². The molecule has 0 aromatic heterocycles. The molecule has 0 radical (unpaired) electrons. The van der Waals surface area contributed by atoms with Crippen molar-refractivity contribution < 1.29 is 38.2 Å². The number of esters is 1. The topological polar surface area (TPSA) is 133 Å². The fourth-order valence-corrected chi connectivity index (χ4v) is 6.23. The van der Waals surface area contributed by atoms with Crippen molar-refractivity contribution in [2.24, 2.45) is 23.7 Å². The fourth-order valence-electron chi connectivity index (χ4n) is 6.23. The first-order valence-electron chi connectivity index (χ1n) is 15.1. The van der Waals surface area contributed by atoms with E-state index in [2.05, 4.69) is 48.2 Å². The first kappa shape index (κ1) is 32.3. The van der Waals surface area contributed by atoms with E-state index >= 15 is 0 Å². The number of hydroxylamine groups is 1. The minimum atomic E-state index is -0.513. The Morgan fingerprint density at radius 1 is 1.09 bits per heavy atom. The van der Waals surface area contributed by atoms with E-state index < -0.39 is 12.1 Å². The first-order valence-corrected chi connectivity index (χ1v) is 15.1. The molecular formula is C32H45N3O8. The van der Waals surface area contributed by atoms with Crippen molar-refractivity contribution >= 4 is 18.1 Å². The summed E-state index contributed by atoms with van der Waals surface area (Å²) in [4.78, 5) is 41.4. The van der Waals surface area contributed by atoms with Crippen molar-refractivity contribution in [1.29, 1.82) is 0 Å². The number of allylic oxidation sites excluding steroid dienone is 3. The molecule has 236 valence electrons. The number of nitrogens with one attached hydrogen (secondary N) is 3. The molecule has 1 fully saturated rings. The maximum absolute atomic E-state index is 12.7. The number of carbonyl (C=O) groups is 3. The summed E-state index contributed by atoms with van der Waals surface area (Å²) in [7, 11) is 3.11. The van der Waals surface area contributed by atoms with Crippen LogP contribution in [-0.4, -0.2) is 63.7 Å². The lowest BCUT2D eigenvalue weighted by atomic mass is 9.65. The molecule has 0 bridgehead atoms. The number of alkyl carbamates (subject to hydrolysis) is 1. The van der Waals surface area contributed by atoms with Crippen LogP contribution in [0.1, 0.15) is 51.5 Å². The zero-order valence-electron chi connectivity index (χ0n) is 25.5. The van der Waals surface area contributed by atoms with Gasteiger partial charge in [0.1, 0.15) is 18.0 Å². The number of urea groups is 1. The fraction of sp³-hybridized carbons (Fsp3) is 0.594. The average Bonchev–Trinajstić information content (AvgIpc) is 2.99. The first-order chi connectivity index (χ1) is 20.7. The number of hydrogen-bond acceptors (Lipinski definition) is 8. The van der Waals surface area contributed by atoms with E-state index in [1.165, 1.54) is 12.6 Å². The quantitative estimate of drug-likeness (QED) is 0.183. The third kappa shape index (κ3) is 9.46. The normalized spacial score (nSPS) is 28.1. The van der Waals surface area contributed by atoms with Gasteiger partial charge >= 0.3 is 18.1 Å². The molecule has 3 N–H and O–H groups in total. The largest absolute Gasteiger partial charge is 0.497 e. The van der Waals surface area contributed by atoms with Crippen LogP contribution in [0.15, 0.2) is 48.1 Å². The summed E-state index contributed by atoms with van der Waals surface area (Å²) in [5, 5.41) is 5.08. The van der Waals surface area contributed by atoms with Gasteiger partial charge in [-0.1, -0.05) is 44.2 Å². The highest BCUT2D eigenvalue weighted by atomic mass is 16.7. The summed E-state index contributed by atoms with van der Waals surface area (Å²) in [5.41, 5.74) is 4.42. The zero-order chi connectivity index (χ0) is 30.8. The van der Waals surface area contributed by atoms with Gasteiger partial charge in [-0.05, 0) is 60.3 Å². The predicted octanol–water partition coefficient (Wildman–Crippen LogP) is 4.43. The third-order valence-corrected chi connectivity index (χ3v) is 8.40. The van der Waals surface area contributed by atoms with E-state index in [4.69, 9.17) is 23.8 Å². The maximum Gasteiger partial charge on any atom is 0.407 e. The number of rotatable bonds is 12. The van der Waals surface area contributed by atoms with E-state index in [-0.39, 0.29) is 67.5 Å². The van der Waals surface area contributed by atoms with Gasteiger partial charge in [0.05, 0.1) is 32.8 Å². The molecule has 2 aliphatic carbocycles. The molecule has 3 aliphatic rings. The number of methoxy groups -OCH3 is 1. The molecule has 4 rings (SSSR count). The Balaban J connectivity index is 1.31. The number of carbonyl (C=O) groups excluding carboxylic acids is 3. The third-order valence-electron chi connectivity index (χ3n) is 8.40. The Morgan fingerprint density at radius 2 is 1.88 bits per heavy atom. The van der Waals surface area contributed by atoms with E-state index in [1.807, 2.05) is 24.3 Å². The molecule has 3 amide bonds. The molecule has 0 saturated carbocycles. The summed E-state index contributed by atoms with van der Waals surface area (Å²) in [5.74, 6) is 1.38. The lowest BCUT2D eigenvalue weighted by Crippen LogP contribution is -2.43. The van der Waals surface area contributed by atoms with Crippen LogP contribution < -0.4 is 20.9 Å². The summed E-state index contributed by atoms with van der Waals surface area (Å²) in [6, 6.07) is 7.25. The van der Waals surface area contributed by atoms with Crippen LogP contribution in [0.5, 0.6) is 5.75 Å². The molecular weight excluding hydrogens is 554 g/mol. The minimum Gasteiger partial charge on any atom is -0.497 e. The van der Waals surface area contributed by atoms with Crippen LogP contribution in [0.4, 0.5) is 9.59 Å². The van der Waals surface area contributed by atoms with Crippen molar-refractivity contribution in [3.8, 4) is 5.75 Å². The second kappa shape index (κ2) is 15.8. The van der Waals surface area contributed by atoms with Gasteiger partial charge in [-0.2, -0.15) is 0 Å². The molecule has 0 spiro atoms.